The highest BCUT2D eigenvalue weighted by Crippen LogP contribution is 2.08. The van der Waals surface area contributed by atoms with Gasteiger partial charge in [-0.2, -0.15) is 0 Å². The number of carbonyl (C=O) groups excluding carboxylic acids is 1. The van der Waals surface area contributed by atoms with Gasteiger partial charge in [0.25, 0.3) is 0 Å². The number of hydrogen-bond donors (Lipinski definition) is 3. The maximum atomic E-state index is 13.6. The molecular weight excluding hydrogens is 252 g/mol. The standard InChI is InChI=1S/C12H17BFNO4/c1-12(2,3)19-11(16)15-7-8-4-5-9(13(17)18)6-10(8)14/h4-6,17-18H,7H2,1-3H3,(H,15,16). The van der Waals surface area contributed by atoms with Crippen LogP contribution in [-0.4, -0.2) is 28.9 Å². The van der Waals surface area contributed by atoms with Gasteiger partial charge in [0.1, 0.15) is 11.4 Å². The van der Waals surface area contributed by atoms with Crippen LogP contribution in [0.1, 0.15) is 26.3 Å². The Hall–Kier alpha value is -1.60. The largest absolute Gasteiger partial charge is 0.488 e. The molecule has 0 heterocycles. The third kappa shape index (κ3) is 5.27. The number of halogens is 1. The molecule has 104 valence electrons. The van der Waals surface area contributed by atoms with E-state index in [4.69, 9.17) is 14.8 Å². The summed E-state index contributed by atoms with van der Waals surface area (Å²) >= 11 is 0. The minimum atomic E-state index is -1.72. The number of alkyl carbamates (subject to hydrolysis) is 1. The van der Waals surface area contributed by atoms with Crippen molar-refractivity contribution in [3.05, 3.63) is 29.6 Å². The second-order valence-electron chi connectivity index (χ2n) is 5.08. The number of benzene rings is 1. The van der Waals surface area contributed by atoms with Crippen LogP contribution in [0.2, 0.25) is 0 Å². The number of ether oxygens (including phenoxy) is 1. The molecule has 0 bridgehead atoms. The van der Waals surface area contributed by atoms with Crippen molar-refractivity contribution in [2.75, 3.05) is 0 Å². The quantitative estimate of drug-likeness (QED) is 0.699. The van der Waals surface area contributed by atoms with E-state index in [2.05, 4.69) is 5.32 Å². The normalized spacial score (nSPS) is 11.1. The molecule has 1 rings (SSSR count). The van der Waals surface area contributed by atoms with Crippen molar-refractivity contribution in [3.63, 3.8) is 0 Å². The van der Waals surface area contributed by atoms with Crippen molar-refractivity contribution in [1.82, 2.24) is 5.32 Å². The van der Waals surface area contributed by atoms with Crippen LogP contribution in [-0.2, 0) is 11.3 Å². The predicted octanol–water partition coefficient (Wildman–Crippen LogP) is 0.530. The molecule has 0 unspecified atom stereocenters. The van der Waals surface area contributed by atoms with Crippen molar-refractivity contribution in [3.8, 4) is 0 Å². The lowest BCUT2D eigenvalue weighted by Crippen LogP contribution is -2.33. The molecule has 0 aliphatic carbocycles. The maximum absolute atomic E-state index is 13.6. The summed E-state index contributed by atoms with van der Waals surface area (Å²) < 4.78 is 18.6. The molecule has 0 saturated heterocycles. The molecule has 0 spiro atoms. The van der Waals surface area contributed by atoms with Gasteiger partial charge >= 0.3 is 13.2 Å². The van der Waals surface area contributed by atoms with Gasteiger partial charge in [0.15, 0.2) is 0 Å². The second-order valence-corrected chi connectivity index (χ2v) is 5.08. The van der Waals surface area contributed by atoms with Crippen LogP contribution in [0.5, 0.6) is 0 Å². The molecule has 0 atom stereocenters. The van der Waals surface area contributed by atoms with E-state index < -0.39 is 24.6 Å². The predicted molar refractivity (Wildman–Crippen MR) is 69.3 cm³/mol. The van der Waals surface area contributed by atoms with Gasteiger partial charge in [0.05, 0.1) is 0 Å². The molecule has 7 heteroatoms. The van der Waals surface area contributed by atoms with E-state index in [-0.39, 0.29) is 17.6 Å². The van der Waals surface area contributed by atoms with Gasteiger partial charge in [-0.15, -0.1) is 0 Å². The Bertz CT molecular complexity index is 460. The number of rotatable bonds is 3. The van der Waals surface area contributed by atoms with E-state index in [0.29, 0.717) is 0 Å². The topological polar surface area (TPSA) is 78.8 Å². The van der Waals surface area contributed by atoms with Crippen LogP contribution in [0.4, 0.5) is 9.18 Å². The molecule has 0 fully saturated rings. The number of hydrogen-bond acceptors (Lipinski definition) is 4. The van der Waals surface area contributed by atoms with E-state index in [1.807, 2.05) is 0 Å². The third-order valence-corrected chi connectivity index (χ3v) is 2.20. The molecule has 0 aliphatic heterocycles. The van der Waals surface area contributed by atoms with Crippen molar-refractivity contribution < 1.29 is 24.0 Å². The molecule has 19 heavy (non-hydrogen) atoms. The maximum Gasteiger partial charge on any atom is 0.488 e. The van der Waals surface area contributed by atoms with E-state index in [0.717, 1.165) is 6.07 Å². The molecule has 0 aromatic heterocycles. The van der Waals surface area contributed by atoms with Crippen LogP contribution in [0.15, 0.2) is 18.2 Å². The van der Waals surface area contributed by atoms with Crippen LogP contribution in [0, 0.1) is 5.82 Å². The molecule has 3 N–H and O–H groups in total. The van der Waals surface area contributed by atoms with E-state index >= 15 is 0 Å². The lowest BCUT2D eigenvalue weighted by atomic mass is 9.80. The summed E-state index contributed by atoms with van der Waals surface area (Å²) in [4.78, 5) is 11.4. The fourth-order valence-electron chi connectivity index (χ4n) is 1.35. The Balaban J connectivity index is 2.61. The smallest absolute Gasteiger partial charge is 0.444 e. The van der Waals surface area contributed by atoms with Gasteiger partial charge < -0.3 is 20.1 Å². The minimum absolute atomic E-state index is 0.0391. The number of carbonyl (C=O) groups is 1. The van der Waals surface area contributed by atoms with Gasteiger partial charge in [-0.1, -0.05) is 12.1 Å². The summed E-state index contributed by atoms with van der Waals surface area (Å²) in [6.07, 6.45) is -0.641. The van der Waals surface area contributed by atoms with Gasteiger partial charge in [-0.25, -0.2) is 9.18 Å². The summed E-state index contributed by atoms with van der Waals surface area (Å²) in [6.45, 7) is 5.14. The van der Waals surface area contributed by atoms with Gasteiger partial charge in [0, 0.05) is 12.1 Å². The summed E-state index contributed by atoms with van der Waals surface area (Å²) in [5, 5.41) is 20.2. The number of nitrogens with one attached hydrogen (secondary N) is 1. The first-order valence-corrected chi connectivity index (χ1v) is 5.80. The monoisotopic (exact) mass is 269 g/mol. The molecule has 1 amide bonds. The lowest BCUT2D eigenvalue weighted by Gasteiger charge is -2.19. The van der Waals surface area contributed by atoms with Crippen LogP contribution >= 0.6 is 0 Å². The average molecular weight is 269 g/mol. The average Bonchev–Trinajstić information content (AvgIpc) is 2.24. The zero-order chi connectivity index (χ0) is 14.6. The highest BCUT2D eigenvalue weighted by atomic mass is 19.1. The Kier molecular flexibility index (Phi) is 4.91. The van der Waals surface area contributed by atoms with Crippen LogP contribution < -0.4 is 10.8 Å². The summed E-state index contributed by atoms with van der Waals surface area (Å²) in [5.74, 6) is -0.623. The zero-order valence-corrected chi connectivity index (χ0v) is 11.1. The summed E-state index contributed by atoms with van der Waals surface area (Å²) in [6, 6.07) is 3.76. The zero-order valence-electron chi connectivity index (χ0n) is 11.1. The highest BCUT2D eigenvalue weighted by molar-refractivity contribution is 6.58. The fraction of sp³-hybridized carbons (Fsp3) is 0.417. The molecule has 0 saturated carbocycles. The lowest BCUT2D eigenvalue weighted by molar-refractivity contribution is 0.0523. The molecule has 5 nitrogen and oxygen atoms in total. The van der Waals surface area contributed by atoms with Crippen LogP contribution in [0.3, 0.4) is 0 Å². The fourth-order valence-corrected chi connectivity index (χ4v) is 1.35. The van der Waals surface area contributed by atoms with Gasteiger partial charge in [0.2, 0.25) is 0 Å². The first-order chi connectivity index (χ1) is 8.69. The SMILES string of the molecule is CC(C)(C)OC(=O)NCc1ccc(B(O)O)cc1F. The molecule has 1 aromatic carbocycles. The Labute approximate surface area is 111 Å². The first kappa shape index (κ1) is 15.5. The Morgan fingerprint density at radius 1 is 1.42 bits per heavy atom. The molecule has 1 aromatic rings. The Morgan fingerprint density at radius 3 is 2.53 bits per heavy atom. The number of amides is 1. The molecular formula is C12H17BFNO4. The van der Waals surface area contributed by atoms with Crippen molar-refractivity contribution in [2.45, 2.75) is 32.9 Å². The summed E-state index contributed by atoms with van der Waals surface area (Å²) in [5.41, 5.74) is -0.332. The second kappa shape index (κ2) is 6.03. The van der Waals surface area contributed by atoms with Crippen molar-refractivity contribution in [1.29, 1.82) is 0 Å². The molecule has 0 aliphatic rings. The van der Waals surface area contributed by atoms with E-state index in [1.54, 1.807) is 20.8 Å². The van der Waals surface area contributed by atoms with Gasteiger partial charge in [-0.3, -0.25) is 0 Å². The van der Waals surface area contributed by atoms with E-state index in [1.165, 1.54) is 12.1 Å². The van der Waals surface area contributed by atoms with Crippen LogP contribution in [0.25, 0.3) is 0 Å². The minimum Gasteiger partial charge on any atom is -0.444 e. The first-order valence-electron chi connectivity index (χ1n) is 5.80. The summed E-state index contributed by atoms with van der Waals surface area (Å²) in [7, 11) is -1.72. The molecule has 0 radical (unpaired) electrons. The van der Waals surface area contributed by atoms with Crippen molar-refractivity contribution >= 4 is 18.7 Å². The van der Waals surface area contributed by atoms with E-state index in [9.17, 15) is 9.18 Å². The third-order valence-electron chi connectivity index (χ3n) is 2.20. The Morgan fingerprint density at radius 2 is 2.05 bits per heavy atom. The van der Waals surface area contributed by atoms with Gasteiger partial charge in [-0.05, 0) is 32.3 Å². The highest BCUT2D eigenvalue weighted by Gasteiger charge is 2.17. The van der Waals surface area contributed by atoms with Crippen molar-refractivity contribution in [2.24, 2.45) is 0 Å².